The molecule has 2 aliphatic rings. The van der Waals surface area contributed by atoms with Gasteiger partial charge in [0.1, 0.15) is 6.10 Å². The van der Waals surface area contributed by atoms with Gasteiger partial charge in [0.15, 0.2) is 5.60 Å². The van der Waals surface area contributed by atoms with E-state index < -0.39 is 11.6 Å². The molecule has 1 N–H and O–H groups in total. The molecule has 6 atom stereocenters. The van der Waals surface area contributed by atoms with Crippen molar-refractivity contribution in [3.8, 4) is 0 Å². The molecule has 1 saturated carbocycles. The number of rotatable bonds is 3. The van der Waals surface area contributed by atoms with E-state index in [0.29, 0.717) is 12.3 Å². The van der Waals surface area contributed by atoms with Gasteiger partial charge in [-0.3, -0.25) is 4.98 Å². The maximum absolute atomic E-state index is 12.2. The van der Waals surface area contributed by atoms with Crippen LogP contribution in [0.4, 0.5) is 0 Å². The molecule has 1 aromatic heterocycles. The predicted octanol–water partition coefficient (Wildman–Crippen LogP) is 3.83. The Morgan fingerprint density at radius 3 is 2.83 bits per heavy atom. The second-order valence-electron chi connectivity index (χ2n) is 7.15. The predicted molar refractivity (Wildman–Crippen MR) is 96.0 cm³/mol. The highest BCUT2D eigenvalue weighted by Crippen LogP contribution is 2.52. The largest absolute Gasteiger partial charge is 0.460 e. The highest BCUT2D eigenvalue weighted by atomic mass is 79.9. The maximum Gasteiger partial charge on any atom is 0.338 e. The van der Waals surface area contributed by atoms with Gasteiger partial charge in [0.05, 0.1) is 5.69 Å². The number of pyridine rings is 1. The summed E-state index contributed by atoms with van der Waals surface area (Å²) in [5.41, 5.74) is -0.486. The molecule has 2 heterocycles. The van der Waals surface area contributed by atoms with E-state index in [-0.39, 0.29) is 23.9 Å². The standard InChI is InChI=1S/C19H24BrNO3/c1-4-15-11(2)9-19(23)17(12(3)24-18(19)22)16(15)8-7-14-6-5-13(20)10-21-14/h5-8,10-12,15-17,23H,4,9H2,1-3H3/b8-7+/t11-,12+,15?,16-,17-,19-/m0/s1. The summed E-state index contributed by atoms with van der Waals surface area (Å²) in [6, 6.07) is 3.90. The third kappa shape index (κ3) is 2.93. The van der Waals surface area contributed by atoms with Gasteiger partial charge in [-0.25, -0.2) is 4.79 Å². The molecule has 1 aromatic rings. The number of hydrogen-bond acceptors (Lipinski definition) is 4. The summed E-state index contributed by atoms with van der Waals surface area (Å²) < 4.78 is 6.35. The quantitative estimate of drug-likeness (QED) is 0.792. The number of fused-ring (bicyclic) bond motifs is 1. The van der Waals surface area contributed by atoms with E-state index in [2.05, 4.69) is 40.8 Å². The van der Waals surface area contributed by atoms with Crippen molar-refractivity contribution in [1.29, 1.82) is 0 Å². The van der Waals surface area contributed by atoms with E-state index in [1.807, 2.05) is 25.1 Å². The van der Waals surface area contributed by atoms with Gasteiger partial charge in [0, 0.05) is 16.6 Å². The number of aromatic nitrogens is 1. The minimum absolute atomic E-state index is 0.0932. The van der Waals surface area contributed by atoms with Crippen LogP contribution in [0.1, 0.15) is 39.3 Å². The Morgan fingerprint density at radius 1 is 1.46 bits per heavy atom. The van der Waals surface area contributed by atoms with Crippen molar-refractivity contribution >= 4 is 28.0 Å². The molecule has 1 saturated heterocycles. The first-order chi connectivity index (χ1) is 11.4. The van der Waals surface area contributed by atoms with E-state index in [1.54, 1.807) is 6.20 Å². The Balaban J connectivity index is 1.94. The van der Waals surface area contributed by atoms with Crippen molar-refractivity contribution < 1.29 is 14.6 Å². The topological polar surface area (TPSA) is 59.4 Å². The van der Waals surface area contributed by atoms with E-state index in [9.17, 15) is 9.90 Å². The first-order valence-electron chi connectivity index (χ1n) is 8.60. The molecule has 0 aromatic carbocycles. The average molecular weight is 394 g/mol. The van der Waals surface area contributed by atoms with Gasteiger partial charge < -0.3 is 9.84 Å². The Morgan fingerprint density at radius 2 is 2.21 bits per heavy atom. The van der Waals surface area contributed by atoms with Crippen LogP contribution in [0.5, 0.6) is 0 Å². The van der Waals surface area contributed by atoms with Gasteiger partial charge in [-0.15, -0.1) is 0 Å². The number of esters is 1. The van der Waals surface area contributed by atoms with E-state index >= 15 is 0 Å². The number of ether oxygens (including phenoxy) is 1. The van der Waals surface area contributed by atoms with Gasteiger partial charge in [-0.05, 0) is 65.2 Å². The van der Waals surface area contributed by atoms with Crippen LogP contribution in [0.25, 0.3) is 6.08 Å². The van der Waals surface area contributed by atoms with E-state index in [4.69, 9.17) is 4.74 Å². The second kappa shape index (κ2) is 6.60. The number of cyclic esters (lactones) is 1. The van der Waals surface area contributed by atoms with Gasteiger partial charge in [-0.2, -0.15) is 0 Å². The molecule has 130 valence electrons. The van der Waals surface area contributed by atoms with Crippen molar-refractivity contribution in [2.75, 3.05) is 0 Å². The van der Waals surface area contributed by atoms with Gasteiger partial charge in [-0.1, -0.05) is 26.3 Å². The second-order valence-corrected chi connectivity index (χ2v) is 8.07. The number of carbonyl (C=O) groups is 1. The summed E-state index contributed by atoms with van der Waals surface area (Å²) in [4.78, 5) is 16.6. The monoisotopic (exact) mass is 393 g/mol. The van der Waals surface area contributed by atoms with Crippen molar-refractivity contribution in [3.05, 3.63) is 34.6 Å². The van der Waals surface area contributed by atoms with Crippen LogP contribution in [0, 0.1) is 23.7 Å². The summed E-state index contributed by atoms with van der Waals surface area (Å²) in [6.45, 7) is 6.19. The Labute approximate surface area is 151 Å². The Hall–Kier alpha value is -1.20. The number of halogens is 1. The minimum atomic E-state index is -1.35. The minimum Gasteiger partial charge on any atom is -0.460 e. The fourth-order valence-electron chi connectivity index (χ4n) is 4.64. The summed E-state index contributed by atoms with van der Waals surface area (Å²) in [7, 11) is 0. The van der Waals surface area contributed by atoms with Crippen molar-refractivity contribution in [1.82, 2.24) is 4.98 Å². The molecule has 0 spiro atoms. The average Bonchev–Trinajstić information content (AvgIpc) is 2.75. The molecule has 0 radical (unpaired) electrons. The molecule has 1 aliphatic heterocycles. The highest BCUT2D eigenvalue weighted by Gasteiger charge is 2.62. The summed E-state index contributed by atoms with van der Waals surface area (Å²) >= 11 is 3.39. The molecule has 3 rings (SSSR count). The third-order valence-electron chi connectivity index (χ3n) is 5.69. The van der Waals surface area contributed by atoms with E-state index in [0.717, 1.165) is 16.6 Å². The molecule has 1 unspecified atom stereocenters. The molecule has 2 fully saturated rings. The Bertz CT molecular complexity index is 645. The van der Waals surface area contributed by atoms with Crippen LogP contribution in [0.15, 0.2) is 28.9 Å². The highest BCUT2D eigenvalue weighted by molar-refractivity contribution is 9.10. The number of nitrogens with zero attached hydrogens (tertiary/aromatic N) is 1. The molecular weight excluding hydrogens is 370 g/mol. The smallest absolute Gasteiger partial charge is 0.338 e. The zero-order chi connectivity index (χ0) is 17.5. The third-order valence-corrected chi connectivity index (χ3v) is 6.16. The summed E-state index contributed by atoms with van der Waals surface area (Å²) in [5.74, 6) is 0.121. The van der Waals surface area contributed by atoms with Crippen molar-refractivity contribution in [2.45, 2.75) is 45.3 Å². The number of aliphatic hydroxyl groups is 1. The maximum atomic E-state index is 12.2. The molecule has 0 amide bonds. The molecule has 24 heavy (non-hydrogen) atoms. The summed E-state index contributed by atoms with van der Waals surface area (Å²) in [5, 5.41) is 11.0. The SMILES string of the molecule is CCC1[C@@H](C)C[C@@]2(O)C(=O)O[C@H](C)[C@H]2[C@H]1/C=C/c1ccc(Br)cn1. The zero-order valence-corrected chi connectivity index (χ0v) is 15.9. The van der Waals surface area contributed by atoms with Gasteiger partial charge >= 0.3 is 5.97 Å². The van der Waals surface area contributed by atoms with Crippen molar-refractivity contribution in [3.63, 3.8) is 0 Å². The van der Waals surface area contributed by atoms with Crippen LogP contribution < -0.4 is 0 Å². The Kier molecular flexibility index (Phi) is 4.85. The number of hydrogen-bond donors (Lipinski definition) is 1. The fourth-order valence-corrected chi connectivity index (χ4v) is 4.87. The van der Waals surface area contributed by atoms with Crippen LogP contribution in [-0.2, 0) is 9.53 Å². The lowest BCUT2D eigenvalue weighted by molar-refractivity contribution is -0.160. The van der Waals surface area contributed by atoms with Crippen LogP contribution in [0.3, 0.4) is 0 Å². The van der Waals surface area contributed by atoms with Crippen molar-refractivity contribution in [2.24, 2.45) is 23.7 Å². The van der Waals surface area contributed by atoms with E-state index in [1.165, 1.54) is 0 Å². The van der Waals surface area contributed by atoms with Crippen LogP contribution in [-0.4, -0.2) is 27.8 Å². The fraction of sp³-hybridized carbons (Fsp3) is 0.579. The van der Waals surface area contributed by atoms with Gasteiger partial charge in [0.2, 0.25) is 0 Å². The number of allylic oxidation sites excluding steroid dienone is 1. The normalized spacial score (nSPS) is 39.0. The lowest BCUT2D eigenvalue weighted by Crippen LogP contribution is -2.53. The molecule has 4 nitrogen and oxygen atoms in total. The molecular formula is C19H24BrNO3. The zero-order valence-electron chi connectivity index (χ0n) is 14.3. The number of carbonyl (C=O) groups excluding carboxylic acids is 1. The first-order valence-corrected chi connectivity index (χ1v) is 9.39. The van der Waals surface area contributed by atoms with Gasteiger partial charge in [0.25, 0.3) is 0 Å². The van der Waals surface area contributed by atoms with Crippen LogP contribution in [0.2, 0.25) is 0 Å². The van der Waals surface area contributed by atoms with Crippen LogP contribution >= 0.6 is 15.9 Å². The lowest BCUT2D eigenvalue weighted by atomic mass is 9.59. The lowest BCUT2D eigenvalue weighted by Gasteiger charge is -2.45. The molecule has 1 aliphatic carbocycles. The summed E-state index contributed by atoms with van der Waals surface area (Å²) in [6.07, 6.45) is 7.11. The first kappa shape index (κ1) is 17.6. The molecule has 5 heteroatoms. The molecule has 0 bridgehead atoms.